The molecule has 1 fully saturated rings. The Labute approximate surface area is 148 Å². The van der Waals surface area contributed by atoms with Gasteiger partial charge in [0.15, 0.2) is 0 Å². The molecule has 0 unspecified atom stereocenters. The van der Waals surface area contributed by atoms with Crippen LogP contribution in [0.15, 0.2) is 42.2 Å². The van der Waals surface area contributed by atoms with Crippen molar-refractivity contribution in [1.82, 2.24) is 4.90 Å². The van der Waals surface area contributed by atoms with E-state index in [1.165, 1.54) is 0 Å². The zero-order valence-corrected chi connectivity index (χ0v) is 14.8. The van der Waals surface area contributed by atoms with E-state index < -0.39 is 5.60 Å². The second kappa shape index (κ2) is 7.42. The van der Waals surface area contributed by atoms with Crippen LogP contribution in [0.2, 0.25) is 0 Å². The second-order valence-electron chi connectivity index (χ2n) is 6.81. The number of piperidine rings is 1. The van der Waals surface area contributed by atoms with Crippen LogP contribution >= 0.6 is 0 Å². The molecule has 0 aliphatic carbocycles. The van der Waals surface area contributed by atoms with Crippen molar-refractivity contribution in [3.63, 3.8) is 0 Å². The van der Waals surface area contributed by atoms with Crippen molar-refractivity contribution in [2.75, 3.05) is 26.8 Å². The molecule has 3 rings (SSSR count). The minimum atomic E-state index is -0.768. The highest BCUT2D eigenvalue weighted by molar-refractivity contribution is 6.01. The average Bonchev–Trinajstić information content (AvgIpc) is 2.84. The maximum atomic E-state index is 12.9. The first-order valence-corrected chi connectivity index (χ1v) is 8.68. The summed E-state index contributed by atoms with van der Waals surface area (Å²) in [5.41, 5.74) is 0.716. The molecule has 0 bridgehead atoms. The van der Waals surface area contributed by atoms with Crippen LogP contribution in [-0.4, -0.2) is 48.3 Å². The molecule has 5 heteroatoms. The molecular formula is C20H25NO4. The van der Waals surface area contributed by atoms with Gasteiger partial charge in [-0.05, 0) is 31.1 Å². The predicted octanol–water partition coefficient (Wildman–Crippen LogP) is 2.61. The zero-order valence-electron chi connectivity index (χ0n) is 14.8. The van der Waals surface area contributed by atoms with Gasteiger partial charge in [-0.2, -0.15) is 0 Å². The number of aliphatic hydroxyl groups is 1. The Morgan fingerprint density at radius 3 is 3.00 bits per heavy atom. The van der Waals surface area contributed by atoms with Crippen LogP contribution in [0.4, 0.5) is 0 Å². The van der Waals surface area contributed by atoms with Crippen LogP contribution < -0.4 is 4.74 Å². The maximum absolute atomic E-state index is 12.9. The van der Waals surface area contributed by atoms with E-state index in [9.17, 15) is 9.90 Å². The number of fused-ring (bicyclic) bond motifs is 1. The number of nitrogens with zero attached hydrogens (tertiary/aromatic N) is 1. The SMILES string of the molecule is COCC[C@@]1(O)CCN(C(=O)C2=Cc3ccccc3OC=C2)C[C@@H]1C. The lowest BCUT2D eigenvalue weighted by molar-refractivity contribution is -0.136. The Hall–Kier alpha value is -2.11. The lowest BCUT2D eigenvalue weighted by Crippen LogP contribution is -2.53. The predicted molar refractivity (Wildman–Crippen MR) is 96.0 cm³/mol. The number of hydrogen-bond acceptors (Lipinski definition) is 4. The van der Waals surface area contributed by atoms with Crippen molar-refractivity contribution in [3.05, 3.63) is 47.7 Å². The number of carbonyl (C=O) groups is 1. The summed E-state index contributed by atoms with van der Waals surface area (Å²) in [6.45, 7) is 3.59. The van der Waals surface area contributed by atoms with E-state index in [0.29, 0.717) is 38.1 Å². The summed E-state index contributed by atoms with van der Waals surface area (Å²) < 4.78 is 10.7. The first-order chi connectivity index (χ1) is 12.0. The summed E-state index contributed by atoms with van der Waals surface area (Å²) in [6.07, 6.45) is 6.28. The third-order valence-corrected chi connectivity index (χ3v) is 5.17. The number of likely N-dealkylation sites (tertiary alicyclic amines) is 1. The maximum Gasteiger partial charge on any atom is 0.254 e. The molecule has 2 aliphatic rings. The Kier molecular flexibility index (Phi) is 5.25. The van der Waals surface area contributed by atoms with Gasteiger partial charge >= 0.3 is 0 Å². The molecule has 5 nitrogen and oxygen atoms in total. The van der Waals surface area contributed by atoms with Gasteiger partial charge in [0.1, 0.15) is 5.75 Å². The van der Waals surface area contributed by atoms with Gasteiger partial charge in [-0.3, -0.25) is 4.79 Å². The van der Waals surface area contributed by atoms with Crippen LogP contribution in [0.1, 0.15) is 25.3 Å². The zero-order chi connectivity index (χ0) is 17.9. The van der Waals surface area contributed by atoms with Gasteiger partial charge in [0.2, 0.25) is 0 Å². The van der Waals surface area contributed by atoms with E-state index in [0.717, 1.165) is 11.3 Å². The lowest BCUT2D eigenvalue weighted by atomic mass is 9.79. The number of methoxy groups -OCH3 is 1. The smallest absolute Gasteiger partial charge is 0.254 e. The topological polar surface area (TPSA) is 59.0 Å². The van der Waals surface area contributed by atoms with Crippen LogP contribution in [0.5, 0.6) is 5.75 Å². The molecule has 1 aromatic rings. The highest BCUT2D eigenvalue weighted by atomic mass is 16.5. The van der Waals surface area contributed by atoms with Gasteiger partial charge in [0, 0.05) is 43.9 Å². The quantitative estimate of drug-likeness (QED) is 0.913. The summed E-state index contributed by atoms with van der Waals surface area (Å²) in [7, 11) is 1.64. The molecule has 134 valence electrons. The largest absolute Gasteiger partial charge is 0.464 e. The molecular weight excluding hydrogens is 318 g/mol. The van der Waals surface area contributed by atoms with E-state index in [2.05, 4.69) is 0 Å². The minimum absolute atomic E-state index is 0.000700. The minimum Gasteiger partial charge on any atom is -0.464 e. The normalized spacial score (nSPS) is 25.6. The number of hydrogen-bond donors (Lipinski definition) is 1. The first kappa shape index (κ1) is 17.7. The summed E-state index contributed by atoms with van der Waals surface area (Å²) in [5.74, 6) is 0.707. The number of para-hydroxylation sites is 1. The highest BCUT2D eigenvalue weighted by Gasteiger charge is 2.40. The number of benzene rings is 1. The Morgan fingerprint density at radius 2 is 2.24 bits per heavy atom. The van der Waals surface area contributed by atoms with Crippen LogP contribution in [0.3, 0.4) is 0 Å². The Bertz CT molecular complexity index is 697. The van der Waals surface area contributed by atoms with Gasteiger partial charge in [0.25, 0.3) is 5.91 Å². The summed E-state index contributed by atoms with van der Waals surface area (Å²) >= 11 is 0. The van der Waals surface area contributed by atoms with Gasteiger partial charge < -0.3 is 19.5 Å². The van der Waals surface area contributed by atoms with Crippen LogP contribution in [0, 0.1) is 5.92 Å². The van der Waals surface area contributed by atoms with Gasteiger partial charge in [-0.1, -0.05) is 25.1 Å². The number of ether oxygens (including phenoxy) is 2. The molecule has 1 saturated heterocycles. The highest BCUT2D eigenvalue weighted by Crippen LogP contribution is 2.32. The fraction of sp³-hybridized carbons (Fsp3) is 0.450. The fourth-order valence-electron chi connectivity index (χ4n) is 3.42. The molecule has 0 aromatic heterocycles. The standard InChI is InChI=1S/C20H25NO4/c1-15-14-21(10-8-20(15,23)9-12-24-2)19(22)17-7-11-25-18-6-4-3-5-16(18)13-17/h3-7,11,13,15,23H,8-10,12,14H2,1-2H3/t15-,20-/m0/s1. The molecule has 1 aromatic carbocycles. The lowest BCUT2D eigenvalue weighted by Gasteiger charge is -2.43. The van der Waals surface area contributed by atoms with Crippen LogP contribution in [0.25, 0.3) is 6.08 Å². The van der Waals surface area contributed by atoms with Crippen molar-refractivity contribution >= 4 is 12.0 Å². The second-order valence-corrected chi connectivity index (χ2v) is 6.81. The third-order valence-electron chi connectivity index (χ3n) is 5.17. The molecule has 0 spiro atoms. The molecule has 25 heavy (non-hydrogen) atoms. The van der Waals surface area contributed by atoms with Gasteiger partial charge in [0.05, 0.1) is 11.9 Å². The molecule has 1 amide bonds. The number of amides is 1. The number of carbonyl (C=O) groups excluding carboxylic acids is 1. The van der Waals surface area contributed by atoms with E-state index in [1.807, 2.05) is 42.2 Å². The Morgan fingerprint density at radius 1 is 1.44 bits per heavy atom. The average molecular weight is 343 g/mol. The van der Waals surface area contributed by atoms with Gasteiger partial charge in [-0.15, -0.1) is 0 Å². The Balaban J connectivity index is 1.73. The molecule has 0 saturated carbocycles. The summed E-state index contributed by atoms with van der Waals surface area (Å²) in [4.78, 5) is 14.7. The van der Waals surface area contributed by atoms with E-state index in [4.69, 9.17) is 9.47 Å². The van der Waals surface area contributed by atoms with E-state index in [-0.39, 0.29) is 11.8 Å². The molecule has 2 heterocycles. The van der Waals surface area contributed by atoms with E-state index in [1.54, 1.807) is 19.4 Å². The molecule has 0 radical (unpaired) electrons. The molecule has 2 aliphatic heterocycles. The van der Waals surface area contributed by atoms with Crippen molar-refractivity contribution in [2.24, 2.45) is 5.92 Å². The first-order valence-electron chi connectivity index (χ1n) is 8.68. The van der Waals surface area contributed by atoms with E-state index >= 15 is 0 Å². The van der Waals surface area contributed by atoms with Crippen LogP contribution in [-0.2, 0) is 9.53 Å². The van der Waals surface area contributed by atoms with Crippen molar-refractivity contribution in [3.8, 4) is 5.75 Å². The van der Waals surface area contributed by atoms with Crippen molar-refractivity contribution in [2.45, 2.75) is 25.4 Å². The third kappa shape index (κ3) is 3.78. The monoisotopic (exact) mass is 343 g/mol. The molecule has 1 N–H and O–H groups in total. The molecule has 2 atom stereocenters. The van der Waals surface area contributed by atoms with Crippen molar-refractivity contribution < 1.29 is 19.4 Å². The summed E-state index contributed by atoms with van der Waals surface area (Å²) in [6, 6.07) is 7.63. The summed E-state index contributed by atoms with van der Waals surface area (Å²) in [5, 5.41) is 10.8. The number of rotatable bonds is 4. The van der Waals surface area contributed by atoms with Crippen molar-refractivity contribution in [1.29, 1.82) is 0 Å². The van der Waals surface area contributed by atoms with Gasteiger partial charge in [-0.25, -0.2) is 0 Å². The fourth-order valence-corrected chi connectivity index (χ4v) is 3.42.